The quantitative estimate of drug-likeness (QED) is 0.350. The van der Waals surface area contributed by atoms with E-state index in [4.69, 9.17) is 9.47 Å². The van der Waals surface area contributed by atoms with Crippen LogP contribution in [0.3, 0.4) is 0 Å². The van der Waals surface area contributed by atoms with Gasteiger partial charge in [0, 0.05) is 5.56 Å². The Hall–Kier alpha value is -3.67. The van der Waals surface area contributed by atoms with Crippen LogP contribution in [-0.4, -0.2) is 30.1 Å². The zero-order valence-electron chi connectivity index (χ0n) is 18.5. The van der Waals surface area contributed by atoms with Crippen LogP contribution in [0.25, 0.3) is 0 Å². The highest BCUT2D eigenvalue weighted by Gasteiger charge is 2.59. The van der Waals surface area contributed by atoms with Crippen molar-refractivity contribution in [2.45, 2.75) is 19.4 Å². The molecule has 168 valence electrons. The molecule has 0 N–H and O–H groups in total. The number of benzene rings is 2. The maximum Gasteiger partial charge on any atom is 0.254 e. The van der Waals surface area contributed by atoms with E-state index in [9.17, 15) is 9.59 Å². The molecule has 0 unspecified atom stereocenters. The molecule has 2 amide bonds. The molecule has 5 rings (SSSR count). The van der Waals surface area contributed by atoms with Crippen molar-refractivity contribution in [3.8, 4) is 11.5 Å². The summed E-state index contributed by atoms with van der Waals surface area (Å²) in [5.74, 6) is 0.620. The molecular weight excluding hydrogens is 416 g/mol. The van der Waals surface area contributed by atoms with E-state index in [1.54, 1.807) is 25.5 Å². The molecule has 2 aromatic carbocycles. The Morgan fingerprint density at radius 2 is 1.79 bits per heavy atom. The molecule has 3 aliphatic rings. The van der Waals surface area contributed by atoms with Gasteiger partial charge in [-0.3, -0.25) is 9.59 Å². The number of fused-ring (bicyclic) bond motifs is 5. The first kappa shape index (κ1) is 21.2. The standard InChI is InChI=1S/C27H26N2O4/c1-3-7-21-12-18(13-22(32-2)25(21)33-16-17-8-5-4-6-9-17)15-28-29-26(30)23-19-10-11-20(14-19)24(23)27(29)31/h3-6,8-13,15,19-20,23-24H,1,7,14,16H2,2H3/t19-,20-,23-,24+/m0/s1. The van der Waals surface area contributed by atoms with Gasteiger partial charge in [0.15, 0.2) is 11.5 Å². The molecule has 0 aromatic heterocycles. The number of hydrogen-bond acceptors (Lipinski definition) is 5. The summed E-state index contributed by atoms with van der Waals surface area (Å²) in [5.41, 5.74) is 2.66. The molecule has 2 aliphatic carbocycles. The van der Waals surface area contributed by atoms with E-state index in [1.807, 2.05) is 36.4 Å². The molecule has 2 aromatic rings. The molecule has 33 heavy (non-hydrogen) atoms. The van der Waals surface area contributed by atoms with Gasteiger partial charge < -0.3 is 9.47 Å². The van der Waals surface area contributed by atoms with Gasteiger partial charge in [-0.05, 0) is 47.9 Å². The molecule has 2 fully saturated rings. The third kappa shape index (κ3) is 3.75. The van der Waals surface area contributed by atoms with Gasteiger partial charge in [0.2, 0.25) is 0 Å². The third-order valence-electron chi connectivity index (χ3n) is 6.73. The number of allylic oxidation sites excluding steroid dienone is 3. The van der Waals surface area contributed by atoms with E-state index in [1.165, 1.54) is 0 Å². The van der Waals surface area contributed by atoms with Gasteiger partial charge in [0.05, 0.1) is 25.2 Å². The predicted octanol–water partition coefficient (Wildman–Crippen LogP) is 4.14. The van der Waals surface area contributed by atoms with Crippen LogP contribution >= 0.6 is 0 Å². The molecule has 1 saturated carbocycles. The number of methoxy groups -OCH3 is 1. The van der Waals surface area contributed by atoms with E-state index < -0.39 is 0 Å². The Morgan fingerprint density at radius 3 is 2.42 bits per heavy atom. The minimum absolute atomic E-state index is 0.164. The molecular formula is C27H26N2O4. The van der Waals surface area contributed by atoms with E-state index in [-0.39, 0.29) is 35.5 Å². The predicted molar refractivity (Wildman–Crippen MR) is 125 cm³/mol. The second-order valence-corrected chi connectivity index (χ2v) is 8.71. The van der Waals surface area contributed by atoms with Crippen LogP contribution in [-0.2, 0) is 22.6 Å². The molecule has 1 saturated heterocycles. The lowest BCUT2D eigenvalue weighted by Crippen LogP contribution is -2.28. The fourth-order valence-electron chi connectivity index (χ4n) is 5.24. The number of rotatable bonds is 8. The van der Waals surface area contributed by atoms with Crippen LogP contribution in [0, 0.1) is 23.7 Å². The Labute approximate surface area is 193 Å². The molecule has 4 atom stereocenters. The second kappa shape index (κ2) is 8.70. The fraction of sp³-hybridized carbons (Fsp3) is 0.296. The van der Waals surface area contributed by atoms with Crippen molar-refractivity contribution in [1.29, 1.82) is 0 Å². The number of nitrogens with zero attached hydrogens (tertiary/aromatic N) is 2. The van der Waals surface area contributed by atoms with E-state index in [2.05, 4.69) is 23.8 Å². The molecule has 0 spiro atoms. The van der Waals surface area contributed by atoms with Crippen molar-refractivity contribution < 1.29 is 19.1 Å². The average Bonchev–Trinajstić information content (AvgIpc) is 3.51. The molecule has 6 nitrogen and oxygen atoms in total. The summed E-state index contributed by atoms with van der Waals surface area (Å²) in [5, 5.41) is 5.35. The Bertz CT molecular complexity index is 1120. The second-order valence-electron chi connectivity index (χ2n) is 8.71. The van der Waals surface area contributed by atoms with Crippen molar-refractivity contribution in [3.63, 3.8) is 0 Å². The smallest absolute Gasteiger partial charge is 0.254 e. The van der Waals surface area contributed by atoms with Crippen molar-refractivity contribution in [2.75, 3.05) is 7.11 Å². The number of imide groups is 1. The molecule has 2 bridgehead atoms. The Kier molecular flexibility index (Phi) is 5.58. The maximum absolute atomic E-state index is 12.9. The summed E-state index contributed by atoms with van der Waals surface area (Å²) in [6.07, 6.45) is 8.96. The minimum Gasteiger partial charge on any atom is -0.493 e. The first-order chi connectivity index (χ1) is 16.1. The van der Waals surface area contributed by atoms with Gasteiger partial charge in [0.1, 0.15) is 6.61 Å². The minimum atomic E-state index is -0.260. The lowest BCUT2D eigenvalue weighted by atomic mass is 9.85. The SMILES string of the molecule is C=CCc1cc(C=NN2C(=O)[C@@H]3[C@H](C2=O)[C@H]2C=C[C@H]3C2)cc(OC)c1OCc1ccccc1. The van der Waals surface area contributed by atoms with Crippen LogP contribution in [0.5, 0.6) is 11.5 Å². The van der Waals surface area contributed by atoms with Gasteiger partial charge >= 0.3 is 0 Å². The monoisotopic (exact) mass is 442 g/mol. The van der Waals surface area contributed by atoms with Crippen LogP contribution in [0.2, 0.25) is 0 Å². The highest BCUT2D eigenvalue weighted by molar-refractivity contribution is 6.06. The number of hydrazone groups is 1. The molecule has 0 radical (unpaired) electrons. The summed E-state index contributed by atoms with van der Waals surface area (Å²) in [6.45, 7) is 4.26. The number of carbonyl (C=O) groups excluding carboxylic acids is 2. The number of hydrogen-bond donors (Lipinski definition) is 0. The fourth-order valence-corrected chi connectivity index (χ4v) is 5.24. The van der Waals surface area contributed by atoms with Gasteiger partial charge in [-0.1, -0.05) is 48.6 Å². The lowest BCUT2D eigenvalue weighted by Gasteiger charge is -2.16. The average molecular weight is 443 g/mol. The zero-order chi connectivity index (χ0) is 22.9. The molecule has 1 aliphatic heterocycles. The van der Waals surface area contributed by atoms with Crippen molar-refractivity contribution >= 4 is 18.0 Å². The summed E-state index contributed by atoms with van der Waals surface area (Å²) < 4.78 is 11.7. The topological polar surface area (TPSA) is 68.2 Å². The van der Waals surface area contributed by atoms with Crippen LogP contribution in [0.1, 0.15) is 23.1 Å². The van der Waals surface area contributed by atoms with Gasteiger partial charge in [0.25, 0.3) is 11.8 Å². The highest BCUT2D eigenvalue weighted by atomic mass is 16.5. The van der Waals surface area contributed by atoms with E-state index in [0.717, 1.165) is 28.1 Å². The van der Waals surface area contributed by atoms with Crippen LogP contribution < -0.4 is 9.47 Å². The summed E-state index contributed by atoms with van der Waals surface area (Å²) in [6, 6.07) is 13.6. The van der Waals surface area contributed by atoms with E-state index >= 15 is 0 Å². The van der Waals surface area contributed by atoms with Crippen molar-refractivity contribution in [2.24, 2.45) is 28.8 Å². The van der Waals surface area contributed by atoms with Crippen molar-refractivity contribution in [1.82, 2.24) is 5.01 Å². The summed E-state index contributed by atoms with van der Waals surface area (Å²) in [4.78, 5) is 25.7. The van der Waals surface area contributed by atoms with Gasteiger partial charge in [-0.2, -0.15) is 10.1 Å². The lowest BCUT2D eigenvalue weighted by molar-refractivity contribution is -0.140. The first-order valence-electron chi connectivity index (χ1n) is 11.2. The van der Waals surface area contributed by atoms with Crippen molar-refractivity contribution in [3.05, 3.63) is 84.0 Å². The number of carbonyl (C=O) groups is 2. The zero-order valence-corrected chi connectivity index (χ0v) is 18.5. The highest BCUT2D eigenvalue weighted by Crippen LogP contribution is 2.52. The third-order valence-corrected chi connectivity index (χ3v) is 6.73. The maximum atomic E-state index is 12.9. The van der Waals surface area contributed by atoms with Crippen LogP contribution in [0.4, 0.5) is 0 Å². The summed E-state index contributed by atoms with van der Waals surface area (Å²) in [7, 11) is 1.58. The van der Waals surface area contributed by atoms with Crippen LogP contribution in [0.15, 0.2) is 72.4 Å². The van der Waals surface area contributed by atoms with E-state index in [0.29, 0.717) is 24.5 Å². The normalized spacial score (nSPS) is 25.2. The first-order valence-corrected chi connectivity index (χ1v) is 11.2. The van der Waals surface area contributed by atoms with Gasteiger partial charge in [-0.25, -0.2) is 0 Å². The number of amides is 2. The van der Waals surface area contributed by atoms with Gasteiger partial charge in [-0.15, -0.1) is 6.58 Å². The summed E-state index contributed by atoms with van der Waals surface area (Å²) >= 11 is 0. The number of ether oxygens (including phenoxy) is 2. The Morgan fingerprint density at radius 1 is 1.09 bits per heavy atom. The Balaban J connectivity index is 1.39. The molecule has 6 heteroatoms. The molecule has 1 heterocycles. The largest absolute Gasteiger partial charge is 0.493 e.